The van der Waals surface area contributed by atoms with Crippen molar-refractivity contribution in [2.24, 2.45) is 5.73 Å². The van der Waals surface area contributed by atoms with Crippen LogP contribution in [-0.2, 0) is 12.8 Å². The van der Waals surface area contributed by atoms with Crippen LogP contribution in [0.25, 0.3) is 0 Å². The summed E-state index contributed by atoms with van der Waals surface area (Å²) < 4.78 is 5.73. The molecule has 2 N–H and O–H groups in total. The SMILES string of the molecule is NCCc1ccc(OCCCc2ccccc2)c(Cl)c1. The number of nitrogens with two attached hydrogens (primary N) is 1. The maximum atomic E-state index is 6.20. The number of benzene rings is 2. The summed E-state index contributed by atoms with van der Waals surface area (Å²) >= 11 is 6.20. The van der Waals surface area contributed by atoms with E-state index in [0.717, 1.165) is 30.6 Å². The van der Waals surface area contributed by atoms with Gasteiger partial charge in [-0.25, -0.2) is 0 Å². The van der Waals surface area contributed by atoms with Gasteiger partial charge in [-0.1, -0.05) is 48.0 Å². The maximum absolute atomic E-state index is 6.20. The molecule has 0 unspecified atom stereocenters. The summed E-state index contributed by atoms with van der Waals surface area (Å²) in [6.45, 7) is 1.30. The molecule has 0 bridgehead atoms. The van der Waals surface area contributed by atoms with Crippen molar-refractivity contribution in [1.29, 1.82) is 0 Å². The molecule has 0 aliphatic heterocycles. The lowest BCUT2D eigenvalue weighted by Crippen LogP contribution is -2.03. The van der Waals surface area contributed by atoms with Crippen LogP contribution in [0.3, 0.4) is 0 Å². The topological polar surface area (TPSA) is 35.2 Å². The molecule has 0 aliphatic carbocycles. The molecule has 0 atom stereocenters. The Hall–Kier alpha value is -1.51. The Morgan fingerprint density at radius 1 is 0.950 bits per heavy atom. The fourth-order valence-corrected chi connectivity index (χ4v) is 2.34. The first-order valence-corrected chi connectivity index (χ1v) is 7.32. The number of aryl methyl sites for hydroxylation is 1. The van der Waals surface area contributed by atoms with Gasteiger partial charge in [-0.05, 0) is 49.1 Å². The van der Waals surface area contributed by atoms with Gasteiger partial charge < -0.3 is 10.5 Å². The molecule has 0 amide bonds. The van der Waals surface area contributed by atoms with E-state index in [2.05, 4.69) is 24.3 Å². The van der Waals surface area contributed by atoms with Crippen LogP contribution >= 0.6 is 11.6 Å². The van der Waals surface area contributed by atoms with Crippen LogP contribution in [0, 0.1) is 0 Å². The summed E-state index contributed by atoms with van der Waals surface area (Å²) in [6, 6.07) is 16.3. The van der Waals surface area contributed by atoms with Gasteiger partial charge >= 0.3 is 0 Å². The summed E-state index contributed by atoms with van der Waals surface area (Å²) in [5.74, 6) is 0.750. The summed E-state index contributed by atoms with van der Waals surface area (Å²) in [4.78, 5) is 0. The van der Waals surface area contributed by atoms with Gasteiger partial charge in [0.2, 0.25) is 0 Å². The molecule has 0 heterocycles. The average molecular weight is 290 g/mol. The highest BCUT2D eigenvalue weighted by Gasteiger charge is 2.03. The van der Waals surface area contributed by atoms with Crippen molar-refractivity contribution in [3.63, 3.8) is 0 Å². The van der Waals surface area contributed by atoms with Gasteiger partial charge in [0.05, 0.1) is 11.6 Å². The van der Waals surface area contributed by atoms with Crippen molar-refractivity contribution in [2.75, 3.05) is 13.2 Å². The Labute approximate surface area is 125 Å². The minimum atomic E-state index is 0.633. The van der Waals surface area contributed by atoms with Gasteiger partial charge in [-0.3, -0.25) is 0 Å². The van der Waals surface area contributed by atoms with E-state index in [1.54, 1.807) is 0 Å². The van der Waals surface area contributed by atoms with Gasteiger partial charge in [0, 0.05) is 0 Å². The third kappa shape index (κ3) is 4.55. The Kier molecular flexibility index (Phi) is 5.90. The Morgan fingerprint density at radius 3 is 2.45 bits per heavy atom. The minimum absolute atomic E-state index is 0.633. The number of hydrogen-bond acceptors (Lipinski definition) is 2. The third-order valence-corrected chi connectivity index (χ3v) is 3.43. The van der Waals surface area contributed by atoms with E-state index >= 15 is 0 Å². The molecule has 2 nitrogen and oxygen atoms in total. The molecule has 0 aliphatic rings. The predicted molar refractivity (Wildman–Crippen MR) is 84.5 cm³/mol. The van der Waals surface area contributed by atoms with Crippen molar-refractivity contribution < 1.29 is 4.74 Å². The first-order chi connectivity index (χ1) is 9.79. The van der Waals surface area contributed by atoms with Gasteiger partial charge in [-0.2, -0.15) is 0 Å². The molecule has 0 saturated heterocycles. The van der Waals surface area contributed by atoms with Gasteiger partial charge in [-0.15, -0.1) is 0 Å². The average Bonchev–Trinajstić information content (AvgIpc) is 2.47. The van der Waals surface area contributed by atoms with E-state index in [1.165, 1.54) is 5.56 Å². The second kappa shape index (κ2) is 7.93. The van der Waals surface area contributed by atoms with Crippen molar-refractivity contribution in [2.45, 2.75) is 19.3 Å². The summed E-state index contributed by atoms with van der Waals surface area (Å²) in [6.07, 6.45) is 2.84. The van der Waals surface area contributed by atoms with E-state index in [0.29, 0.717) is 18.2 Å². The van der Waals surface area contributed by atoms with E-state index < -0.39 is 0 Å². The van der Waals surface area contributed by atoms with Crippen molar-refractivity contribution >= 4 is 11.6 Å². The molecule has 0 fully saturated rings. The maximum Gasteiger partial charge on any atom is 0.137 e. The van der Waals surface area contributed by atoms with Crippen LogP contribution < -0.4 is 10.5 Å². The molecule has 2 aromatic carbocycles. The molecule has 2 rings (SSSR count). The quantitative estimate of drug-likeness (QED) is 0.786. The Bertz CT molecular complexity index is 528. The van der Waals surface area contributed by atoms with Crippen LogP contribution in [0.2, 0.25) is 5.02 Å². The molecule has 0 spiro atoms. The molecule has 2 aromatic rings. The molecule has 0 saturated carbocycles. The fraction of sp³-hybridized carbons (Fsp3) is 0.294. The standard InChI is InChI=1S/C17H20ClNO/c18-16-13-15(10-11-19)8-9-17(16)20-12-4-7-14-5-2-1-3-6-14/h1-3,5-6,8-9,13H,4,7,10-12,19H2. The number of ether oxygens (including phenoxy) is 1. The van der Waals surface area contributed by atoms with Crippen molar-refractivity contribution in [3.05, 3.63) is 64.7 Å². The van der Waals surface area contributed by atoms with Crippen molar-refractivity contribution in [1.82, 2.24) is 0 Å². The normalized spacial score (nSPS) is 10.5. The lowest BCUT2D eigenvalue weighted by molar-refractivity contribution is 0.311. The summed E-state index contributed by atoms with van der Waals surface area (Å²) in [5, 5.41) is 0.663. The lowest BCUT2D eigenvalue weighted by atomic mass is 10.1. The van der Waals surface area contributed by atoms with Gasteiger partial charge in [0.15, 0.2) is 0 Å². The second-order valence-corrected chi connectivity index (χ2v) is 5.15. The fourth-order valence-electron chi connectivity index (χ4n) is 2.09. The minimum Gasteiger partial charge on any atom is -0.492 e. The second-order valence-electron chi connectivity index (χ2n) is 4.74. The Morgan fingerprint density at radius 2 is 1.75 bits per heavy atom. The zero-order chi connectivity index (χ0) is 14.2. The first kappa shape index (κ1) is 14.9. The highest BCUT2D eigenvalue weighted by molar-refractivity contribution is 6.32. The largest absolute Gasteiger partial charge is 0.492 e. The van der Waals surface area contributed by atoms with Gasteiger partial charge in [0.1, 0.15) is 5.75 Å². The lowest BCUT2D eigenvalue weighted by Gasteiger charge is -2.09. The van der Waals surface area contributed by atoms with E-state index in [1.807, 2.05) is 24.3 Å². The molecule has 106 valence electrons. The molecular weight excluding hydrogens is 270 g/mol. The van der Waals surface area contributed by atoms with E-state index in [9.17, 15) is 0 Å². The monoisotopic (exact) mass is 289 g/mol. The highest BCUT2D eigenvalue weighted by Crippen LogP contribution is 2.25. The number of rotatable bonds is 7. The van der Waals surface area contributed by atoms with Crippen LogP contribution in [0.15, 0.2) is 48.5 Å². The molecule has 3 heteroatoms. The van der Waals surface area contributed by atoms with E-state index in [4.69, 9.17) is 22.1 Å². The molecule has 0 aromatic heterocycles. The van der Waals surface area contributed by atoms with Crippen LogP contribution in [0.1, 0.15) is 17.5 Å². The molecule has 20 heavy (non-hydrogen) atoms. The third-order valence-electron chi connectivity index (χ3n) is 3.14. The van der Waals surface area contributed by atoms with Crippen molar-refractivity contribution in [3.8, 4) is 5.75 Å². The van der Waals surface area contributed by atoms with Gasteiger partial charge in [0.25, 0.3) is 0 Å². The smallest absolute Gasteiger partial charge is 0.137 e. The Balaban J connectivity index is 1.79. The number of halogens is 1. The van der Waals surface area contributed by atoms with Crippen LogP contribution in [0.4, 0.5) is 0 Å². The summed E-state index contributed by atoms with van der Waals surface area (Å²) in [5.41, 5.74) is 8.01. The zero-order valence-corrected chi connectivity index (χ0v) is 12.3. The van der Waals surface area contributed by atoms with Crippen LogP contribution in [-0.4, -0.2) is 13.2 Å². The highest BCUT2D eigenvalue weighted by atomic mass is 35.5. The number of hydrogen-bond donors (Lipinski definition) is 1. The molecule has 0 radical (unpaired) electrons. The molecular formula is C17H20ClNO. The van der Waals surface area contributed by atoms with E-state index in [-0.39, 0.29) is 0 Å². The summed E-state index contributed by atoms with van der Waals surface area (Å²) in [7, 11) is 0. The predicted octanol–water partition coefficient (Wildman–Crippen LogP) is 3.85. The zero-order valence-electron chi connectivity index (χ0n) is 11.5. The first-order valence-electron chi connectivity index (χ1n) is 6.95. The van der Waals surface area contributed by atoms with Crippen LogP contribution in [0.5, 0.6) is 5.75 Å².